The zero-order valence-corrected chi connectivity index (χ0v) is 18.6. The van der Waals surface area contributed by atoms with Crippen molar-refractivity contribution in [2.24, 2.45) is 4.99 Å². The Hall–Kier alpha value is -1.98. The lowest BCUT2D eigenvalue weighted by Gasteiger charge is -2.44. The van der Waals surface area contributed by atoms with Gasteiger partial charge in [-0.2, -0.15) is 11.8 Å². The lowest BCUT2D eigenvalue weighted by molar-refractivity contribution is 0.414. The molecule has 29 heavy (non-hydrogen) atoms. The monoisotopic (exact) mass is 408 g/mol. The molecule has 1 saturated heterocycles. The Balaban J connectivity index is 1.66. The van der Waals surface area contributed by atoms with Crippen LogP contribution in [0.1, 0.15) is 29.5 Å². The number of rotatable bonds is 5. The third kappa shape index (κ3) is 4.62. The van der Waals surface area contributed by atoms with Crippen molar-refractivity contribution in [3.63, 3.8) is 0 Å². The number of amidine groups is 1. The molecule has 1 fully saturated rings. The first kappa shape index (κ1) is 20.3. The zero-order chi connectivity index (χ0) is 20.3. The van der Waals surface area contributed by atoms with Crippen LogP contribution in [0.3, 0.4) is 0 Å². The molecular formula is C24H32N4S. The van der Waals surface area contributed by atoms with Gasteiger partial charge in [-0.1, -0.05) is 42.0 Å². The maximum atomic E-state index is 5.13. The predicted octanol–water partition coefficient (Wildman–Crippen LogP) is 4.80. The highest BCUT2D eigenvalue weighted by Crippen LogP contribution is 2.40. The number of aryl methyl sites for hydroxylation is 1. The summed E-state index contributed by atoms with van der Waals surface area (Å²) in [5.41, 5.74) is 6.28. The number of likely N-dealkylation sites (N-methyl/N-ethyl adjacent to an activating group) is 1. The van der Waals surface area contributed by atoms with E-state index in [9.17, 15) is 0 Å². The van der Waals surface area contributed by atoms with Crippen molar-refractivity contribution < 1.29 is 0 Å². The molecule has 1 spiro atoms. The summed E-state index contributed by atoms with van der Waals surface area (Å²) in [6, 6.07) is 15.3. The Morgan fingerprint density at radius 3 is 2.66 bits per heavy atom. The second-order valence-electron chi connectivity index (χ2n) is 8.49. The molecule has 2 heterocycles. The van der Waals surface area contributed by atoms with Crippen LogP contribution < -0.4 is 10.6 Å². The van der Waals surface area contributed by atoms with Crippen LogP contribution in [0.5, 0.6) is 0 Å². The molecule has 5 heteroatoms. The number of aliphatic imine (C=N–C) groups is 1. The molecule has 2 N–H and O–H groups in total. The van der Waals surface area contributed by atoms with Crippen molar-refractivity contribution in [3.05, 3.63) is 59.2 Å². The van der Waals surface area contributed by atoms with Gasteiger partial charge in [0.25, 0.3) is 0 Å². The first-order chi connectivity index (χ1) is 14.1. The van der Waals surface area contributed by atoms with Crippen LogP contribution in [0.2, 0.25) is 0 Å². The van der Waals surface area contributed by atoms with Crippen molar-refractivity contribution in [1.82, 2.24) is 4.90 Å². The standard InChI is InChI=1S/C24H32N4S/c1-18-6-4-7-19(16-18)17-25-23-24(11-14-29-15-12-24)27-21-9-5-8-20(22(21)26-23)10-13-28(2)3/h4-9,16,27H,10-15,17H2,1-3H3,(H,25,26). The van der Waals surface area contributed by atoms with Crippen molar-refractivity contribution in [3.8, 4) is 0 Å². The molecule has 0 aliphatic carbocycles. The molecule has 4 rings (SSSR count). The van der Waals surface area contributed by atoms with E-state index in [1.54, 1.807) is 0 Å². The van der Waals surface area contributed by atoms with Crippen LogP contribution in [0.4, 0.5) is 11.4 Å². The molecule has 0 radical (unpaired) electrons. The Kier molecular flexibility index (Phi) is 6.16. The average Bonchev–Trinajstić information content (AvgIpc) is 2.71. The van der Waals surface area contributed by atoms with Gasteiger partial charge in [0, 0.05) is 6.54 Å². The number of hydrogen-bond donors (Lipinski definition) is 2. The van der Waals surface area contributed by atoms with Crippen molar-refractivity contribution in [2.45, 2.75) is 38.3 Å². The van der Waals surface area contributed by atoms with E-state index < -0.39 is 0 Å². The summed E-state index contributed by atoms with van der Waals surface area (Å²) >= 11 is 2.05. The minimum absolute atomic E-state index is 0.0672. The molecule has 0 saturated carbocycles. The van der Waals surface area contributed by atoms with Crippen molar-refractivity contribution >= 4 is 29.0 Å². The van der Waals surface area contributed by atoms with E-state index in [2.05, 4.69) is 79.0 Å². The second kappa shape index (κ2) is 8.80. The number of hydrogen-bond acceptors (Lipinski definition) is 4. The minimum Gasteiger partial charge on any atom is -0.371 e. The lowest BCUT2D eigenvalue weighted by atomic mass is 9.87. The summed E-state index contributed by atoms with van der Waals surface area (Å²) in [6.07, 6.45) is 3.25. The van der Waals surface area contributed by atoms with E-state index in [4.69, 9.17) is 4.99 Å². The highest BCUT2D eigenvalue weighted by Gasteiger charge is 2.41. The molecule has 4 nitrogen and oxygen atoms in total. The van der Waals surface area contributed by atoms with Gasteiger partial charge in [-0.05, 0) is 69.0 Å². The van der Waals surface area contributed by atoms with E-state index >= 15 is 0 Å². The number of para-hydroxylation sites is 1. The topological polar surface area (TPSA) is 39.7 Å². The van der Waals surface area contributed by atoms with Gasteiger partial charge in [-0.25, -0.2) is 0 Å². The fourth-order valence-electron chi connectivity index (χ4n) is 4.21. The zero-order valence-electron chi connectivity index (χ0n) is 17.8. The quantitative estimate of drug-likeness (QED) is 0.745. The molecule has 0 atom stereocenters. The minimum atomic E-state index is -0.0672. The first-order valence-electron chi connectivity index (χ1n) is 10.6. The van der Waals surface area contributed by atoms with E-state index in [0.717, 1.165) is 38.2 Å². The molecule has 2 aliphatic heterocycles. The van der Waals surface area contributed by atoms with E-state index in [1.807, 2.05) is 11.8 Å². The van der Waals surface area contributed by atoms with Crippen LogP contribution in [0.15, 0.2) is 47.5 Å². The number of benzene rings is 2. The molecule has 0 aromatic heterocycles. The largest absolute Gasteiger partial charge is 0.371 e. The third-order valence-corrected chi connectivity index (χ3v) is 6.88. The number of anilines is 2. The molecule has 2 aliphatic rings. The van der Waals surface area contributed by atoms with Gasteiger partial charge in [0.2, 0.25) is 0 Å². The van der Waals surface area contributed by atoms with Crippen molar-refractivity contribution in [2.75, 3.05) is 42.8 Å². The number of nitrogens with zero attached hydrogens (tertiary/aromatic N) is 2. The van der Waals surface area contributed by atoms with Gasteiger partial charge in [0.05, 0.1) is 23.5 Å². The third-order valence-electron chi connectivity index (χ3n) is 5.90. The van der Waals surface area contributed by atoms with Crippen molar-refractivity contribution in [1.29, 1.82) is 0 Å². The van der Waals surface area contributed by atoms with E-state index in [0.29, 0.717) is 0 Å². The lowest BCUT2D eigenvalue weighted by Crippen LogP contribution is -2.55. The molecule has 154 valence electrons. The van der Waals surface area contributed by atoms with Gasteiger partial charge >= 0.3 is 0 Å². The Bertz CT molecular complexity index is 884. The first-order valence-corrected chi connectivity index (χ1v) is 11.7. The maximum Gasteiger partial charge on any atom is 0.127 e. The smallest absolute Gasteiger partial charge is 0.127 e. The summed E-state index contributed by atoms with van der Waals surface area (Å²) in [5.74, 6) is 3.46. The van der Waals surface area contributed by atoms with Crippen LogP contribution >= 0.6 is 11.8 Å². The van der Waals surface area contributed by atoms with Crippen LogP contribution in [0.25, 0.3) is 0 Å². The average molecular weight is 409 g/mol. The molecule has 0 bridgehead atoms. The molecular weight excluding hydrogens is 376 g/mol. The normalized spacial score (nSPS) is 19.1. The van der Waals surface area contributed by atoms with Crippen LogP contribution in [0, 0.1) is 6.92 Å². The maximum absolute atomic E-state index is 5.13. The molecule has 0 unspecified atom stereocenters. The Labute approximate surface area is 179 Å². The number of thioether (sulfide) groups is 1. The summed E-state index contributed by atoms with van der Waals surface area (Å²) in [7, 11) is 4.26. The summed E-state index contributed by atoms with van der Waals surface area (Å²) in [5, 5.41) is 7.71. The number of nitrogens with one attached hydrogen (secondary N) is 2. The highest BCUT2D eigenvalue weighted by molar-refractivity contribution is 7.99. The fourth-order valence-corrected chi connectivity index (χ4v) is 5.40. The SMILES string of the molecule is Cc1cccc(CN=C2Nc3c(CCN(C)C)cccc3NC23CCSCC3)c1. The Morgan fingerprint density at radius 2 is 1.90 bits per heavy atom. The number of fused-ring (bicyclic) bond motifs is 1. The van der Waals surface area contributed by atoms with Gasteiger partial charge in [0.1, 0.15) is 5.84 Å². The van der Waals surface area contributed by atoms with E-state index in [-0.39, 0.29) is 5.54 Å². The second-order valence-corrected chi connectivity index (χ2v) is 9.72. The Morgan fingerprint density at radius 1 is 1.10 bits per heavy atom. The molecule has 0 amide bonds. The summed E-state index contributed by atoms with van der Waals surface area (Å²) in [4.78, 5) is 7.37. The van der Waals surface area contributed by atoms with Gasteiger partial charge in [-0.15, -0.1) is 0 Å². The highest BCUT2D eigenvalue weighted by atomic mass is 32.2. The predicted molar refractivity (Wildman–Crippen MR) is 128 cm³/mol. The fraction of sp³-hybridized carbons (Fsp3) is 0.458. The summed E-state index contributed by atoms with van der Waals surface area (Å²) < 4.78 is 0. The van der Waals surface area contributed by atoms with E-state index in [1.165, 1.54) is 39.6 Å². The molecule has 2 aromatic rings. The van der Waals surface area contributed by atoms with Gasteiger partial charge in [0.15, 0.2) is 0 Å². The van der Waals surface area contributed by atoms with Gasteiger partial charge in [-0.3, -0.25) is 4.99 Å². The molecule has 2 aromatic carbocycles. The van der Waals surface area contributed by atoms with Crippen LogP contribution in [-0.2, 0) is 13.0 Å². The van der Waals surface area contributed by atoms with Gasteiger partial charge < -0.3 is 15.5 Å². The summed E-state index contributed by atoms with van der Waals surface area (Å²) in [6.45, 7) is 3.90. The van der Waals surface area contributed by atoms with Crippen LogP contribution in [-0.4, -0.2) is 48.4 Å².